The van der Waals surface area contributed by atoms with E-state index in [9.17, 15) is 0 Å². The highest BCUT2D eigenvalue weighted by atomic mass is 14.9. The van der Waals surface area contributed by atoms with Crippen molar-refractivity contribution in [2.75, 3.05) is 0 Å². The summed E-state index contributed by atoms with van der Waals surface area (Å²) in [6.45, 7) is 2.13. The Morgan fingerprint density at radius 2 is 1.65 bits per heavy atom. The van der Waals surface area contributed by atoms with E-state index >= 15 is 0 Å². The van der Waals surface area contributed by atoms with E-state index in [1.165, 1.54) is 27.7 Å². The van der Waals surface area contributed by atoms with Crippen LogP contribution in [-0.4, -0.2) is 4.57 Å². The third-order valence-corrected chi connectivity index (χ3v) is 3.27. The summed E-state index contributed by atoms with van der Waals surface area (Å²) in [7, 11) is 2.13. The lowest BCUT2D eigenvalue weighted by atomic mass is 10.1. The van der Waals surface area contributed by atoms with Crippen LogP contribution >= 0.6 is 0 Å². The van der Waals surface area contributed by atoms with Gasteiger partial charge in [0.15, 0.2) is 0 Å². The minimum absolute atomic E-state index is 1.27. The normalized spacial score (nSPS) is 10.9. The fraction of sp³-hybridized carbons (Fsp3) is 0.125. The summed E-state index contributed by atoms with van der Waals surface area (Å²) in [6, 6.07) is 19.4. The molecule has 0 amide bonds. The molecule has 1 nitrogen and oxygen atoms in total. The average molecular weight is 221 g/mol. The molecule has 1 heteroatoms. The minimum Gasteiger partial charge on any atom is -0.344 e. The molecule has 0 saturated heterocycles. The zero-order valence-electron chi connectivity index (χ0n) is 10.1. The van der Waals surface area contributed by atoms with E-state index in [0.717, 1.165) is 0 Å². The molecule has 3 aromatic rings. The van der Waals surface area contributed by atoms with Gasteiger partial charge in [-0.15, -0.1) is 0 Å². The molecule has 17 heavy (non-hydrogen) atoms. The molecule has 0 aliphatic heterocycles. The van der Waals surface area contributed by atoms with Crippen molar-refractivity contribution in [1.82, 2.24) is 4.57 Å². The van der Waals surface area contributed by atoms with Crippen molar-refractivity contribution in [3.05, 3.63) is 60.2 Å². The van der Waals surface area contributed by atoms with Crippen molar-refractivity contribution in [1.29, 1.82) is 0 Å². The number of aromatic nitrogens is 1. The molecule has 0 aliphatic carbocycles. The number of rotatable bonds is 1. The number of hydrogen-bond acceptors (Lipinski definition) is 0. The van der Waals surface area contributed by atoms with Crippen LogP contribution in [0.15, 0.2) is 54.6 Å². The van der Waals surface area contributed by atoms with Gasteiger partial charge in [-0.05, 0) is 30.2 Å². The van der Waals surface area contributed by atoms with Crippen LogP contribution in [0.4, 0.5) is 0 Å². The van der Waals surface area contributed by atoms with Gasteiger partial charge in [0.25, 0.3) is 0 Å². The molecule has 0 bridgehead atoms. The lowest BCUT2D eigenvalue weighted by Gasteiger charge is -2.04. The standard InChI is InChI=1S/C16H15N/c1-12-8-9-14-11-16(17(2)15(14)10-12)13-6-4-3-5-7-13/h3-11H,1-2H3. The molecule has 84 valence electrons. The molecular weight excluding hydrogens is 206 g/mol. The molecule has 0 saturated carbocycles. The van der Waals surface area contributed by atoms with Crippen molar-refractivity contribution in [2.45, 2.75) is 6.92 Å². The van der Waals surface area contributed by atoms with Crippen molar-refractivity contribution < 1.29 is 0 Å². The van der Waals surface area contributed by atoms with Crippen LogP contribution in [0.25, 0.3) is 22.2 Å². The Labute approximate surface area is 101 Å². The Morgan fingerprint density at radius 3 is 2.41 bits per heavy atom. The molecule has 0 radical (unpaired) electrons. The molecule has 1 aromatic heterocycles. The van der Waals surface area contributed by atoms with Crippen molar-refractivity contribution in [2.24, 2.45) is 7.05 Å². The van der Waals surface area contributed by atoms with Gasteiger partial charge in [0, 0.05) is 23.6 Å². The van der Waals surface area contributed by atoms with E-state index in [0.29, 0.717) is 0 Å². The van der Waals surface area contributed by atoms with Crippen LogP contribution < -0.4 is 0 Å². The third kappa shape index (κ3) is 1.64. The van der Waals surface area contributed by atoms with Gasteiger partial charge < -0.3 is 4.57 Å². The van der Waals surface area contributed by atoms with Crippen LogP contribution in [0.5, 0.6) is 0 Å². The highest BCUT2D eigenvalue weighted by Gasteiger charge is 2.06. The van der Waals surface area contributed by atoms with Gasteiger partial charge in [-0.3, -0.25) is 0 Å². The van der Waals surface area contributed by atoms with Crippen molar-refractivity contribution in [3.63, 3.8) is 0 Å². The Bertz CT molecular complexity index is 663. The number of hydrogen-bond donors (Lipinski definition) is 0. The summed E-state index contributed by atoms with van der Waals surface area (Å²) in [5, 5.41) is 1.30. The van der Waals surface area contributed by atoms with Gasteiger partial charge in [0.2, 0.25) is 0 Å². The molecule has 0 unspecified atom stereocenters. The van der Waals surface area contributed by atoms with Crippen LogP contribution in [0, 0.1) is 6.92 Å². The molecule has 0 N–H and O–H groups in total. The smallest absolute Gasteiger partial charge is 0.0488 e. The molecule has 0 atom stereocenters. The van der Waals surface area contributed by atoms with Gasteiger partial charge in [0.05, 0.1) is 0 Å². The van der Waals surface area contributed by atoms with E-state index in [1.807, 2.05) is 0 Å². The highest BCUT2D eigenvalue weighted by Crippen LogP contribution is 2.27. The number of fused-ring (bicyclic) bond motifs is 1. The van der Waals surface area contributed by atoms with E-state index in [2.05, 4.69) is 73.1 Å². The first-order valence-electron chi connectivity index (χ1n) is 5.87. The molecule has 1 heterocycles. The first-order valence-corrected chi connectivity index (χ1v) is 5.87. The van der Waals surface area contributed by atoms with E-state index in [-0.39, 0.29) is 0 Å². The van der Waals surface area contributed by atoms with Gasteiger partial charge >= 0.3 is 0 Å². The fourth-order valence-corrected chi connectivity index (χ4v) is 2.33. The summed E-state index contributed by atoms with van der Waals surface area (Å²) in [6.07, 6.45) is 0. The molecular formula is C16H15N. The lowest BCUT2D eigenvalue weighted by molar-refractivity contribution is 0.977. The second kappa shape index (κ2) is 3.77. The maximum absolute atomic E-state index is 2.26. The fourth-order valence-electron chi connectivity index (χ4n) is 2.33. The van der Waals surface area contributed by atoms with Crippen LogP contribution in [0.1, 0.15) is 5.56 Å². The van der Waals surface area contributed by atoms with Gasteiger partial charge in [-0.2, -0.15) is 0 Å². The van der Waals surface area contributed by atoms with Crippen LogP contribution in [0.2, 0.25) is 0 Å². The van der Waals surface area contributed by atoms with E-state index < -0.39 is 0 Å². The molecule has 3 rings (SSSR count). The van der Waals surface area contributed by atoms with Gasteiger partial charge in [-0.25, -0.2) is 0 Å². The number of nitrogens with zero attached hydrogens (tertiary/aromatic N) is 1. The Morgan fingerprint density at radius 1 is 0.882 bits per heavy atom. The van der Waals surface area contributed by atoms with Gasteiger partial charge in [0.1, 0.15) is 0 Å². The van der Waals surface area contributed by atoms with E-state index in [4.69, 9.17) is 0 Å². The first kappa shape index (κ1) is 10.2. The minimum atomic E-state index is 1.27. The van der Waals surface area contributed by atoms with Gasteiger partial charge in [-0.1, -0.05) is 42.5 Å². The number of benzene rings is 2. The second-order valence-corrected chi connectivity index (χ2v) is 4.52. The first-order chi connectivity index (χ1) is 8.25. The summed E-state index contributed by atoms with van der Waals surface area (Å²) in [5.74, 6) is 0. The quantitative estimate of drug-likeness (QED) is 0.581. The van der Waals surface area contributed by atoms with Crippen molar-refractivity contribution in [3.8, 4) is 11.3 Å². The molecule has 0 fully saturated rings. The Balaban J connectivity index is 2.28. The Kier molecular flexibility index (Phi) is 2.25. The predicted molar refractivity (Wildman–Crippen MR) is 73.1 cm³/mol. The third-order valence-electron chi connectivity index (χ3n) is 3.27. The second-order valence-electron chi connectivity index (χ2n) is 4.52. The number of aryl methyl sites for hydroxylation is 2. The lowest BCUT2D eigenvalue weighted by Crippen LogP contribution is -1.90. The van der Waals surface area contributed by atoms with Crippen molar-refractivity contribution >= 4 is 10.9 Å². The predicted octanol–water partition coefficient (Wildman–Crippen LogP) is 4.15. The zero-order chi connectivity index (χ0) is 11.8. The maximum atomic E-state index is 2.26. The van der Waals surface area contributed by atoms with Crippen LogP contribution in [0.3, 0.4) is 0 Å². The average Bonchev–Trinajstić information content (AvgIpc) is 2.68. The molecule has 0 spiro atoms. The van der Waals surface area contributed by atoms with Crippen LogP contribution in [-0.2, 0) is 7.05 Å². The van der Waals surface area contributed by atoms with E-state index in [1.54, 1.807) is 0 Å². The molecule has 0 aliphatic rings. The maximum Gasteiger partial charge on any atom is 0.0488 e. The molecule has 2 aromatic carbocycles. The summed E-state index contributed by atoms with van der Waals surface area (Å²) in [5.41, 5.74) is 5.14. The SMILES string of the molecule is Cc1ccc2cc(-c3ccccc3)n(C)c2c1. The topological polar surface area (TPSA) is 4.93 Å². The monoisotopic (exact) mass is 221 g/mol. The largest absolute Gasteiger partial charge is 0.344 e. The summed E-state index contributed by atoms with van der Waals surface area (Å²) in [4.78, 5) is 0. The summed E-state index contributed by atoms with van der Waals surface area (Å²) < 4.78 is 2.26. The highest BCUT2D eigenvalue weighted by molar-refractivity contribution is 5.87. The Hall–Kier alpha value is -2.02. The summed E-state index contributed by atoms with van der Waals surface area (Å²) >= 11 is 0. The zero-order valence-corrected chi connectivity index (χ0v) is 10.1.